The molecule has 0 fully saturated rings. The van der Waals surface area contributed by atoms with Crippen molar-refractivity contribution in [1.82, 2.24) is 5.48 Å². The first-order chi connectivity index (χ1) is 7.57. The molecule has 1 aromatic rings. The third-order valence-electron chi connectivity index (χ3n) is 2.54. The molecule has 0 unspecified atom stereocenters. The first-order valence-corrected chi connectivity index (χ1v) is 6.39. The molecule has 86 valence electrons. The van der Waals surface area contributed by atoms with Gasteiger partial charge in [-0.1, -0.05) is 24.3 Å². The van der Waals surface area contributed by atoms with Crippen molar-refractivity contribution in [3.05, 3.63) is 46.5 Å². The molecule has 16 heavy (non-hydrogen) atoms. The minimum Gasteiger partial charge on any atom is -0.265 e. The minimum atomic E-state index is -0.186. The summed E-state index contributed by atoms with van der Waals surface area (Å²) in [5, 5.41) is 1.10. The zero-order valence-electron chi connectivity index (χ0n) is 9.91. The van der Waals surface area contributed by atoms with Gasteiger partial charge in [0.25, 0.3) is 0 Å². The van der Waals surface area contributed by atoms with Crippen molar-refractivity contribution in [1.29, 1.82) is 0 Å². The first kappa shape index (κ1) is 11.6. The summed E-state index contributed by atoms with van der Waals surface area (Å²) in [6.45, 7) is 6.23. The molecule has 3 heteroatoms. The van der Waals surface area contributed by atoms with E-state index >= 15 is 0 Å². The summed E-state index contributed by atoms with van der Waals surface area (Å²) in [5.74, 6) is 0.977. The summed E-state index contributed by atoms with van der Waals surface area (Å²) in [5.41, 5.74) is 5.49. The van der Waals surface area contributed by atoms with Crippen LogP contribution in [-0.2, 0) is 10.6 Å². The Morgan fingerprint density at radius 1 is 1.31 bits per heavy atom. The highest BCUT2D eigenvalue weighted by molar-refractivity contribution is 8.02. The fourth-order valence-corrected chi connectivity index (χ4v) is 2.66. The third kappa shape index (κ3) is 2.80. The molecular weight excluding hydrogens is 218 g/mol. The van der Waals surface area contributed by atoms with E-state index in [0.29, 0.717) is 0 Å². The van der Waals surface area contributed by atoms with Gasteiger partial charge in [-0.2, -0.15) is 0 Å². The summed E-state index contributed by atoms with van der Waals surface area (Å²) < 4.78 is 0. The first-order valence-electron chi connectivity index (χ1n) is 5.41. The zero-order chi connectivity index (χ0) is 11.6. The van der Waals surface area contributed by atoms with Crippen LogP contribution in [0.4, 0.5) is 0 Å². The Morgan fingerprint density at radius 3 is 2.69 bits per heavy atom. The summed E-state index contributed by atoms with van der Waals surface area (Å²) in [7, 11) is 0. The molecule has 1 N–H and O–H groups in total. The van der Waals surface area contributed by atoms with Crippen molar-refractivity contribution in [3.63, 3.8) is 0 Å². The summed E-state index contributed by atoms with van der Waals surface area (Å²) in [4.78, 5) is 5.41. The van der Waals surface area contributed by atoms with Gasteiger partial charge in [-0.25, -0.2) is 0 Å². The summed E-state index contributed by atoms with van der Waals surface area (Å²) >= 11 is 1.78. The monoisotopic (exact) mass is 235 g/mol. The zero-order valence-corrected chi connectivity index (χ0v) is 10.7. The second-order valence-electron chi connectivity index (χ2n) is 4.53. The van der Waals surface area contributed by atoms with Crippen LogP contribution in [0.2, 0.25) is 0 Å². The highest BCUT2D eigenvalue weighted by Gasteiger charge is 2.23. The van der Waals surface area contributed by atoms with Gasteiger partial charge in [0.2, 0.25) is 0 Å². The number of rotatable bonds is 3. The highest BCUT2D eigenvalue weighted by Crippen LogP contribution is 2.28. The minimum absolute atomic E-state index is 0.186. The average Bonchev–Trinajstić information content (AvgIpc) is 2.57. The molecule has 0 amide bonds. The molecule has 0 aromatic heterocycles. The van der Waals surface area contributed by atoms with Gasteiger partial charge < -0.3 is 0 Å². The van der Waals surface area contributed by atoms with E-state index in [9.17, 15) is 0 Å². The number of hydrogen-bond donors (Lipinski definition) is 1. The normalized spacial score (nSPS) is 18.1. The Labute approximate surface area is 101 Å². The fourth-order valence-electron chi connectivity index (χ4n) is 1.56. The van der Waals surface area contributed by atoms with Crippen molar-refractivity contribution in [2.45, 2.75) is 32.1 Å². The smallest absolute Gasteiger partial charge is 0.111 e. The molecule has 0 aliphatic carbocycles. The van der Waals surface area contributed by atoms with Gasteiger partial charge in [-0.3, -0.25) is 10.3 Å². The standard InChI is InChI=1S/C13H17NOS/c1-10-6-4-5-7-11(10)9-16-12-8-13(2,3)15-14-12/h4-8,14H,9H2,1-3H3. The molecule has 2 rings (SSSR count). The number of nitrogens with one attached hydrogen (secondary N) is 1. The number of hydrogen-bond acceptors (Lipinski definition) is 3. The lowest BCUT2D eigenvalue weighted by molar-refractivity contribution is -0.0126. The van der Waals surface area contributed by atoms with Gasteiger partial charge in [0.15, 0.2) is 0 Å². The molecule has 0 bridgehead atoms. The lowest BCUT2D eigenvalue weighted by Crippen LogP contribution is -2.20. The predicted octanol–water partition coefficient (Wildman–Crippen LogP) is 3.38. The van der Waals surface area contributed by atoms with Crippen molar-refractivity contribution in [2.75, 3.05) is 0 Å². The van der Waals surface area contributed by atoms with Crippen LogP contribution in [0.1, 0.15) is 25.0 Å². The second kappa shape index (κ2) is 4.52. The number of thioether (sulfide) groups is 1. The van der Waals surface area contributed by atoms with Crippen LogP contribution in [0, 0.1) is 6.92 Å². The molecule has 1 aromatic carbocycles. The Morgan fingerprint density at radius 2 is 2.06 bits per heavy atom. The average molecular weight is 235 g/mol. The van der Waals surface area contributed by atoms with Crippen molar-refractivity contribution in [3.8, 4) is 0 Å². The molecule has 1 aliphatic rings. The van der Waals surface area contributed by atoms with Crippen LogP contribution >= 0.6 is 11.8 Å². The van der Waals surface area contributed by atoms with Gasteiger partial charge in [-0.15, -0.1) is 11.8 Å². The molecule has 0 spiro atoms. The summed E-state index contributed by atoms with van der Waals surface area (Å²) in [6, 6.07) is 8.47. The molecule has 2 nitrogen and oxygen atoms in total. The van der Waals surface area contributed by atoms with Crippen molar-refractivity contribution in [2.24, 2.45) is 0 Å². The molecule has 0 saturated heterocycles. The highest BCUT2D eigenvalue weighted by atomic mass is 32.2. The van der Waals surface area contributed by atoms with Crippen molar-refractivity contribution >= 4 is 11.8 Å². The molecule has 1 aliphatic heterocycles. The van der Waals surface area contributed by atoms with Crippen LogP contribution in [0.3, 0.4) is 0 Å². The van der Waals surface area contributed by atoms with E-state index in [1.165, 1.54) is 11.1 Å². The molecule has 0 atom stereocenters. The lowest BCUT2D eigenvalue weighted by Gasteiger charge is -2.11. The molecule has 0 saturated carbocycles. The van der Waals surface area contributed by atoms with Gasteiger partial charge in [-0.05, 0) is 38.0 Å². The van der Waals surface area contributed by atoms with E-state index in [-0.39, 0.29) is 5.60 Å². The van der Waals surface area contributed by atoms with Crippen LogP contribution in [0.15, 0.2) is 35.4 Å². The SMILES string of the molecule is Cc1ccccc1CSC1=CC(C)(C)ON1. The maximum atomic E-state index is 5.41. The van der Waals surface area contributed by atoms with Crippen molar-refractivity contribution < 1.29 is 4.84 Å². The van der Waals surface area contributed by atoms with Crippen LogP contribution in [-0.4, -0.2) is 5.60 Å². The number of hydroxylamine groups is 1. The van der Waals surface area contributed by atoms with E-state index in [1.807, 2.05) is 13.8 Å². The Kier molecular flexibility index (Phi) is 3.26. The maximum Gasteiger partial charge on any atom is 0.111 e. The Balaban J connectivity index is 1.96. The molecular formula is C13H17NOS. The van der Waals surface area contributed by atoms with E-state index in [4.69, 9.17) is 4.84 Å². The van der Waals surface area contributed by atoms with E-state index in [1.54, 1.807) is 11.8 Å². The Bertz CT molecular complexity index is 412. The fraction of sp³-hybridized carbons (Fsp3) is 0.385. The van der Waals surface area contributed by atoms with Gasteiger partial charge in [0.1, 0.15) is 5.60 Å². The van der Waals surface area contributed by atoms with Gasteiger partial charge >= 0.3 is 0 Å². The van der Waals surface area contributed by atoms with E-state index < -0.39 is 0 Å². The second-order valence-corrected chi connectivity index (χ2v) is 5.55. The van der Waals surface area contributed by atoms with E-state index in [0.717, 1.165) is 10.8 Å². The Hall–Kier alpha value is -0.930. The number of benzene rings is 1. The van der Waals surface area contributed by atoms with E-state index in [2.05, 4.69) is 42.7 Å². The quantitative estimate of drug-likeness (QED) is 0.867. The van der Waals surface area contributed by atoms with Gasteiger partial charge in [0, 0.05) is 5.75 Å². The lowest BCUT2D eigenvalue weighted by atomic mass is 10.1. The van der Waals surface area contributed by atoms with Gasteiger partial charge in [0.05, 0.1) is 5.03 Å². The molecule has 0 radical (unpaired) electrons. The summed E-state index contributed by atoms with van der Waals surface area (Å²) in [6.07, 6.45) is 2.12. The largest absolute Gasteiger partial charge is 0.265 e. The predicted molar refractivity (Wildman–Crippen MR) is 68.9 cm³/mol. The third-order valence-corrected chi connectivity index (χ3v) is 3.51. The topological polar surface area (TPSA) is 21.3 Å². The maximum absolute atomic E-state index is 5.41. The van der Waals surface area contributed by atoms with Crippen LogP contribution < -0.4 is 5.48 Å². The number of aryl methyl sites for hydroxylation is 1. The van der Waals surface area contributed by atoms with Crippen LogP contribution in [0.25, 0.3) is 0 Å². The molecule has 1 heterocycles. The van der Waals surface area contributed by atoms with Crippen LogP contribution in [0.5, 0.6) is 0 Å².